The van der Waals surface area contributed by atoms with Gasteiger partial charge in [-0.3, -0.25) is 14.2 Å². The Morgan fingerprint density at radius 3 is 2.84 bits per heavy atom. The van der Waals surface area contributed by atoms with E-state index >= 15 is 0 Å². The lowest BCUT2D eigenvalue weighted by Gasteiger charge is -2.24. The van der Waals surface area contributed by atoms with Gasteiger partial charge in [0.15, 0.2) is 5.78 Å². The standard InChI is InChI=1S/C28H32N6O3/c1-17-23-15-30-28(32-26(23)34(21-5-3-4-6-21)27(36)25(17)18(2)35)31-20-7-8-24-19(13-20)9-11-33(24)16-22-14-29-10-12-37-22/h7-9,11,13,15,21-22,29H,3-6,10,12,14,16H2,1-2H3,(H,30,31,32). The fourth-order valence-corrected chi connectivity index (χ4v) is 5.83. The predicted molar refractivity (Wildman–Crippen MR) is 144 cm³/mol. The van der Waals surface area contributed by atoms with Crippen LogP contribution in [-0.2, 0) is 11.3 Å². The lowest BCUT2D eigenvalue weighted by molar-refractivity contribution is 0.0189. The van der Waals surface area contributed by atoms with Crippen LogP contribution in [0.15, 0.2) is 41.5 Å². The minimum Gasteiger partial charge on any atom is -0.374 e. The predicted octanol–water partition coefficient (Wildman–Crippen LogP) is 4.10. The van der Waals surface area contributed by atoms with E-state index in [2.05, 4.69) is 44.6 Å². The van der Waals surface area contributed by atoms with Gasteiger partial charge in [0.1, 0.15) is 5.65 Å². The third-order valence-electron chi connectivity index (χ3n) is 7.68. The highest BCUT2D eigenvalue weighted by Crippen LogP contribution is 2.32. The first kappa shape index (κ1) is 23.8. The summed E-state index contributed by atoms with van der Waals surface area (Å²) < 4.78 is 9.83. The largest absolute Gasteiger partial charge is 0.374 e. The maximum absolute atomic E-state index is 13.4. The topological polar surface area (TPSA) is 103 Å². The summed E-state index contributed by atoms with van der Waals surface area (Å²) in [5.74, 6) is 0.207. The van der Waals surface area contributed by atoms with E-state index in [-0.39, 0.29) is 29.1 Å². The van der Waals surface area contributed by atoms with Crippen molar-refractivity contribution in [3.8, 4) is 0 Å². The van der Waals surface area contributed by atoms with E-state index in [0.717, 1.165) is 73.9 Å². The zero-order valence-corrected chi connectivity index (χ0v) is 21.3. The van der Waals surface area contributed by atoms with Gasteiger partial charge in [-0.25, -0.2) is 4.98 Å². The molecule has 1 aliphatic heterocycles. The van der Waals surface area contributed by atoms with Crippen molar-refractivity contribution in [2.75, 3.05) is 25.0 Å². The number of fused-ring (bicyclic) bond motifs is 2. The van der Waals surface area contributed by atoms with E-state index in [4.69, 9.17) is 9.72 Å². The quantitative estimate of drug-likeness (QED) is 0.384. The molecule has 1 aromatic carbocycles. The van der Waals surface area contributed by atoms with Crippen LogP contribution in [0.2, 0.25) is 0 Å². The molecule has 192 valence electrons. The van der Waals surface area contributed by atoms with Crippen LogP contribution in [0.4, 0.5) is 11.6 Å². The molecule has 37 heavy (non-hydrogen) atoms. The molecule has 0 spiro atoms. The van der Waals surface area contributed by atoms with Crippen molar-refractivity contribution in [3.63, 3.8) is 0 Å². The van der Waals surface area contributed by atoms with Crippen LogP contribution in [-0.4, -0.2) is 50.7 Å². The molecule has 1 unspecified atom stereocenters. The van der Waals surface area contributed by atoms with Gasteiger partial charge in [0.05, 0.1) is 24.8 Å². The number of Topliss-reactive ketones (excluding diaryl/α,β-unsaturated/α-hetero) is 1. The molecule has 1 aliphatic carbocycles. The molecular formula is C28H32N6O3. The van der Waals surface area contributed by atoms with Gasteiger partial charge in [-0.15, -0.1) is 0 Å². The minimum atomic E-state index is -0.242. The number of hydrogen-bond donors (Lipinski definition) is 2. The number of ketones is 1. The number of pyridine rings is 1. The van der Waals surface area contributed by atoms with Gasteiger partial charge >= 0.3 is 0 Å². The van der Waals surface area contributed by atoms with Crippen LogP contribution in [0.25, 0.3) is 21.9 Å². The number of nitrogens with one attached hydrogen (secondary N) is 2. The van der Waals surface area contributed by atoms with Gasteiger partial charge in [0.2, 0.25) is 5.95 Å². The number of benzene rings is 1. The first-order chi connectivity index (χ1) is 18.0. The molecule has 2 N–H and O–H groups in total. The average Bonchev–Trinajstić information content (AvgIpc) is 3.55. The number of aromatic nitrogens is 4. The molecule has 9 nitrogen and oxygen atoms in total. The van der Waals surface area contributed by atoms with E-state index in [9.17, 15) is 9.59 Å². The van der Waals surface area contributed by atoms with Crippen LogP contribution in [0, 0.1) is 6.92 Å². The number of anilines is 2. The molecule has 1 atom stereocenters. The summed E-state index contributed by atoms with van der Waals surface area (Å²) >= 11 is 0. The van der Waals surface area contributed by atoms with Crippen molar-refractivity contribution in [2.45, 2.75) is 58.2 Å². The maximum Gasteiger partial charge on any atom is 0.263 e. The smallest absolute Gasteiger partial charge is 0.263 e. The lowest BCUT2D eigenvalue weighted by Crippen LogP contribution is -2.40. The maximum atomic E-state index is 13.4. The second kappa shape index (κ2) is 9.72. The molecule has 1 saturated carbocycles. The zero-order valence-electron chi connectivity index (χ0n) is 21.3. The SMILES string of the molecule is CC(=O)c1c(C)c2cnc(Nc3ccc4c(ccn4CC4CNCCO4)c3)nc2n(C2CCCC2)c1=O. The Kier molecular flexibility index (Phi) is 6.26. The van der Waals surface area contributed by atoms with Gasteiger partial charge in [0.25, 0.3) is 5.56 Å². The van der Waals surface area contributed by atoms with Crippen molar-refractivity contribution in [2.24, 2.45) is 0 Å². The third kappa shape index (κ3) is 4.42. The van der Waals surface area contributed by atoms with E-state index in [0.29, 0.717) is 17.2 Å². The minimum absolute atomic E-state index is 0.0518. The summed E-state index contributed by atoms with van der Waals surface area (Å²) in [6, 6.07) is 8.33. The van der Waals surface area contributed by atoms with Crippen LogP contribution < -0.4 is 16.2 Å². The summed E-state index contributed by atoms with van der Waals surface area (Å²) in [4.78, 5) is 35.1. The second-order valence-corrected chi connectivity index (χ2v) is 10.2. The number of carbonyl (C=O) groups is 1. The molecule has 9 heteroatoms. The average molecular weight is 501 g/mol. The Morgan fingerprint density at radius 1 is 1.24 bits per heavy atom. The summed E-state index contributed by atoms with van der Waals surface area (Å²) in [5, 5.41) is 8.56. The summed E-state index contributed by atoms with van der Waals surface area (Å²) in [6.45, 7) is 6.57. The molecule has 4 heterocycles. The molecule has 0 radical (unpaired) electrons. The summed E-state index contributed by atoms with van der Waals surface area (Å²) in [6.07, 6.45) is 7.95. The number of nitrogens with zero attached hydrogens (tertiary/aromatic N) is 4. The molecule has 2 fully saturated rings. The highest BCUT2D eigenvalue weighted by atomic mass is 16.5. The lowest BCUT2D eigenvalue weighted by atomic mass is 10.0. The Morgan fingerprint density at radius 2 is 2.08 bits per heavy atom. The van der Waals surface area contributed by atoms with E-state index < -0.39 is 0 Å². The molecule has 3 aromatic heterocycles. The van der Waals surface area contributed by atoms with Crippen molar-refractivity contribution < 1.29 is 9.53 Å². The molecule has 0 bridgehead atoms. The van der Waals surface area contributed by atoms with Crippen LogP contribution in [0.5, 0.6) is 0 Å². The van der Waals surface area contributed by atoms with Crippen LogP contribution in [0.1, 0.15) is 54.6 Å². The first-order valence-electron chi connectivity index (χ1n) is 13.1. The Bertz CT molecular complexity index is 1540. The number of morpholine rings is 1. The summed E-state index contributed by atoms with van der Waals surface area (Å²) in [5.41, 5.74) is 3.24. The van der Waals surface area contributed by atoms with Crippen LogP contribution >= 0.6 is 0 Å². The number of hydrogen-bond acceptors (Lipinski definition) is 7. The highest BCUT2D eigenvalue weighted by Gasteiger charge is 2.26. The van der Waals surface area contributed by atoms with Gasteiger partial charge in [-0.05, 0) is 56.5 Å². The van der Waals surface area contributed by atoms with E-state index in [1.807, 2.05) is 13.0 Å². The Labute approximate surface area is 214 Å². The zero-order chi connectivity index (χ0) is 25.5. The van der Waals surface area contributed by atoms with Gasteiger partial charge < -0.3 is 19.9 Å². The van der Waals surface area contributed by atoms with Crippen LogP contribution in [0.3, 0.4) is 0 Å². The van der Waals surface area contributed by atoms with Crippen molar-refractivity contribution >= 4 is 39.4 Å². The van der Waals surface area contributed by atoms with Gasteiger partial charge in [0, 0.05) is 53.5 Å². The summed E-state index contributed by atoms with van der Waals surface area (Å²) in [7, 11) is 0. The van der Waals surface area contributed by atoms with E-state index in [1.165, 1.54) is 6.92 Å². The molecule has 1 saturated heterocycles. The van der Waals surface area contributed by atoms with Crippen molar-refractivity contribution in [3.05, 3.63) is 58.1 Å². The number of carbonyl (C=O) groups excluding carboxylic acids is 1. The fourth-order valence-electron chi connectivity index (χ4n) is 5.83. The number of rotatable bonds is 6. The molecular weight excluding hydrogens is 468 g/mol. The van der Waals surface area contributed by atoms with E-state index in [1.54, 1.807) is 10.8 Å². The van der Waals surface area contributed by atoms with Crippen molar-refractivity contribution in [1.29, 1.82) is 0 Å². The Hall–Kier alpha value is -3.56. The van der Waals surface area contributed by atoms with Gasteiger partial charge in [-0.1, -0.05) is 12.8 Å². The Balaban J connectivity index is 1.34. The fraction of sp³-hybridized carbons (Fsp3) is 0.429. The first-order valence-corrected chi connectivity index (χ1v) is 13.1. The number of ether oxygens (including phenoxy) is 1. The normalized spacial score (nSPS) is 18.6. The molecule has 0 amide bonds. The highest BCUT2D eigenvalue weighted by molar-refractivity contribution is 5.99. The van der Waals surface area contributed by atoms with Crippen molar-refractivity contribution in [1.82, 2.24) is 24.4 Å². The van der Waals surface area contributed by atoms with Gasteiger partial charge in [-0.2, -0.15) is 4.98 Å². The third-order valence-corrected chi connectivity index (χ3v) is 7.68. The molecule has 4 aromatic rings. The molecule has 6 rings (SSSR count). The second-order valence-electron chi connectivity index (χ2n) is 10.2. The number of aryl methyl sites for hydroxylation is 1. The molecule has 2 aliphatic rings. The monoisotopic (exact) mass is 500 g/mol.